The second kappa shape index (κ2) is 5.91. The van der Waals surface area contributed by atoms with Gasteiger partial charge >= 0.3 is 5.97 Å². The van der Waals surface area contributed by atoms with Crippen LogP contribution in [0.25, 0.3) is 0 Å². The number of carbonyl (C=O) groups is 1. The number of furan rings is 1. The van der Waals surface area contributed by atoms with Crippen molar-refractivity contribution in [1.82, 2.24) is 5.32 Å². The van der Waals surface area contributed by atoms with Gasteiger partial charge in [0.2, 0.25) is 5.76 Å². The monoisotopic (exact) mass is 279 g/mol. The Balaban J connectivity index is 1.94. The number of hydrogen-bond acceptors (Lipinski definition) is 3. The van der Waals surface area contributed by atoms with Gasteiger partial charge in [0.1, 0.15) is 5.76 Å². The summed E-state index contributed by atoms with van der Waals surface area (Å²) in [4.78, 5) is 10.8. The Hall–Kier alpha value is -1.78. The topological polar surface area (TPSA) is 62.5 Å². The highest BCUT2D eigenvalue weighted by molar-refractivity contribution is 6.30. The Morgan fingerprint density at radius 2 is 2.16 bits per heavy atom. The summed E-state index contributed by atoms with van der Waals surface area (Å²) in [6.45, 7) is 2.96. The number of carboxylic acids is 1. The summed E-state index contributed by atoms with van der Waals surface area (Å²) in [7, 11) is 0. The summed E-state index contributed by atoms with van der Waals surface area (Å²) >= 11 is 5.90. The van der Waals surface area contributed by atoms with E-state index in [0.29, 0.717) is 23.9 Å². The Morgan fingerprint density at radius 3 is 2.79 bits per heavy atom. The molecule has 0 aliphatic heterocycles. The first-order valence-corrected chi connectivity index (χ1v) is 6.22. The van der Waals surface area contributed by atoms with E-state index >= 15 is 0 Å². The number of benzene rings is 1. The van der Waals surface area contributed by atoms with Crippen LogP contribution in [0.15, 0.2) is 34.7 Å². The fraction of sp³-hybridized carbons (Fsp3) is 0.214. The molecule has 1 aromatic carbocycles. The summed E-state index contributed by atoms with van der Waals surface area (Å²) < 4.78 is 5.14. The molecule has 0 saturated carbocycles. The van der Waals surface area contributed by atoms with Crippen LogP contribution >= 0.6 is 11.6 Å². The van der Waals surface area contributed by atoms with Gasteiger partial charge in [0.05, 0.1) is 0 Å². The number of carboxylic acid groups (broad SMARTS) is 1. The van der Waals surface area contributed by atoms with Gasteiger partial charge in [0, 0.05) is 23.7 Å². The molecule has 0 atom stereocenters. The first kappa shape index (κ1) is 13.6. The molecule has 1 heterocycles. The standard InChI is InChI=1S/C14H14ClNO3/c1-9-11(6-13(19-9)14(17)18)8-16-7-10-3-2-4-12(15)5-10/h2-6,16H,7-8H2,1H3,(H,17,18). The maximum Gasteiger partial charge on any atom is 0.371 e. The average molecular weight is 280 g/mol. The first-order chi connectivity index (χ1) is 9.06. The largest absolute Gasteiger partial charge is 0.475 e. The Morgan fingerprint density at radius 1 is 1.37 bits per heavy atom. The molecule has 5 heteroatoms. The Bertz CT molecular complexity index is 592. The molecular weight excluding hydrogens is 266 g/mol. The van der Waals surface area contributed by atoms with Crippen LogP contribution in [-0.4, -0.2) is 11.1 Å². The van der Waals surface area contributed by atoms with E-state index < -0.39 is 5.97 Å². The van der Waals surface area contributed by atoms with Crippen molar-refractivity contribution in [2.75, 3.05) is 0 Å². The van der Waals surface area contributed by atoms with Gasteiger partial charge in [-0.3, -0.25) is 0 Å². The van der Waals surface area contributed by atoms with E-state index in [-0.39, 0.29) is 5.76 Å². The second-order valence-electron chi connectivity index (χ2n) is 4.23. The van der Waals surface area contributed by atoms with Crippen molar-refractivity contribution in [3.05, 3.63) is 58.0 Å². The lowest BCUT2D eigenvalue weighted by atomic mass is 10.2. The van der Waals surface area contributed by atoms with Crippen LogP contribution in [0.3, 0.4) is 0 Å². The van der Waals surface area contributed by atoms with Gasteiger partial charge < -0.3 is 14.8 Å². The van der Waals surface area contributed by atoms with Gasteiger partial charge in [0.15, 0.2) is 0 Å². The van der Waals surface area contributed by atoms with Gasteiger partial charge in [0.25, 0.3) is 0 Å². The zero-order chi connectivity index (χ0) is 13.8. The number of aryl methyl sites for hydroxylation is 1. The normalized spacial score (nSPS) is 10.6. The number of nitrogens with one attached hydrogen (secondary N) is 1. The van der Waals surface area contributed by atoms with Crippen LogP contribution in [0.2, 0.25) is 5.02 Å². The third kappa shape index (κ3) is 3.59. The summed E-state index contributed by atoms with van der Waals surface area (Å²) in [5.41, 5.74) is 1.92. The molecule has 2 rings (SSSR count). The molecule has 4 nitrogen and oxygen atoms in total. The molecule has 0 fully saturated rings. The third-order valence-electron chi connectivity index (χ3n) is 2.76. The summed E-state index contributed by atoms with van der Waals surface area (Å²) in [5, 5.41) is 12.8. The van der Waals surface area contributed by atoms with Gasteiger partial charge in [-0.25, -0.2) is 4.79 Å². The molecule has 0 radical (unpaired) electrons. The molecule has 0 amide bonds. The highest BCUT2D eigenvalue weighted by Gasteiger charge is 2.12. The van der Waals surface area contributed by atoms with Crippen molar-refractivity contribution in [2.45, 2.75) is 20.0 Å². The molecule has 19 heavy (non-hydrogen) atoms. The van der Waals surface area contributed by atoms with Crippen LogP contribution in [-0.2, 0) is 13.1 Å². The van der Waals surface area contributed by atoms with Crippen molar-refractivity contribution in [3.8, 4) is 0 Å². The molecule has 2 aromatic rings. The average Bonchev–Trinajstić information content (AvgIpc) is 2.71. The van der Waals surface area contributed by atoms with Crippen molar-refractivity contribution >= 4 is 17.6 Å². The highest BCUT2D eigenvalue weighted by atomic mass is 35.5. The van der Waals surface area contributed by atoms with E-state index in [4.69, 9.17) is 21.1 Å². The summed E-state index contributed by atoms with van der Waals surface area (Å²) in [5.74, 6) is -0.461. The molecule has 0 aliphatic carbocycles. The summed E-state index contributed by atoms with van der Waals surface area (Å²) in [6, 6.07) is 9.13. The van der Waals surface area contributed by atoms with E-state index in [1.54, 1.807) is 13.0 Å². The van der Waals surface area contributed by atoms with E-state index in [9.17, 15) is 4.79 Å². The van der Waals surface area contributed by atoms with Crippen LogP contribution in [0.1, 0.15) is 27.4 Å². The van der Waals surface area contributed by atoms with Crippen molar-refractivity contribution in [1.29, 1.82) is 0 Å². The van der Waals surface area contributed by atoms with Crippen LogP contribution < -0.4 is 5.32 Å². The minimum Gasteiger partial charge on any atom is -0.475 e. The predicted octanol–water partition coefficient (Wildman–Crippen LogP) is 3.23. The minimum atomic E-state index is -1.05. The van der Waals surface area contributed by atoms with Crippen LogP contribution in [0.4, 0.5) is 0 Å². The molecule has 0 bridgehead atoms. The van der Waals surface area contributed by atoms with Crippen LogP contribution in [0, 0.1) is 6.92 Å². The van der Waals surface area contributed by atoms with E-state index in [0.717, 1.165) is 11.1 Å². The molecule has 0 unspecified atom stereocenters. The molecular formula is C14H14ClNO3. The van der Waals surface area contributed by atoms with E-state index in [2.05, 4.69) is 5.32 Å². The maximum atomic E-state index is 10.8. The number of halogens is 1. The predicted molar refractivity (Wildman–Crippen MR) is 72.4 cm³/mol. The molecule has 0 aliphatic rings. The molecule has 1 aromatic heterocycles. The highest BCUT2D eigenvalue weighted by Crippen LogP contribution is 2.15. The SMILES string of the molecule is Cc1oc(C(=O)O)cc1CNCc1cccc(Cl)c1. The second-order valence-corrected chi connectivity index (χ2v) is 4.67. The zero-order valence-corrected chi connectivity index (χ0v) is 11.2. The lowest BCUT2D eigenvalue weighted by Gasteiger charge is -2.04. The maximum absolute atomic E-state index is 10.8. The smallest absolute Gasteiger partial charge is 0.371 e. The van der Waals surface area contributed by atoms with E-state index in [1.807, 2.05) is 24.3 Å². The molecule has 100 valence electrons. The first-order valence-electron chi connectivity index (χ1n) is 5.84. The number of hydrogen-bond donors (Lipinski definition) is 2. The van der Waals surface area contributed by atoms with E-state index in [1.165, 1.54) is 0 Å². The van der Waals surface area contributed by atoms with Gasteiger partial charge in [-0.15, -0.1) is 0 Å². The Kier molecular flexibility index (Phi) is 4.24. The summed E-state index contributed by atoms with van der Waals surface area (Å²) in [6.07, 6.45) is 0. The van der Waals surface area contributed by atoms with Gasteiger partial charge in [-0.2, -0.15) is 0 Å². The fourth-order valence-electron chi connectivity index (χ4n) is 1.79. The van der Waals surface area contributed by atoms with Crippen molar-refractivity contribution in [3.63, 3.8) is 0 Å². The number of rotatable bonds is 5. The zero-order valence-electron chi connectivity index (χ0n) is 10.4. The van der Waals surface area contributed by atoms with Gasteiger partial charge in [-0.05, 0) is 30.7 Å². The fourth-order valence-corrected chi connectivity index (χ4v) is 2.00. The lowest BCUT2D eigenvalue weighted by molar-refractivity contribution is 0.0661. The Labute approximate surface area is 116 Å². The van der Waals surface area contributed by atoms with Gasteiger partial charge in [-0.1, -0.05) is 23.7 Å². The van der Waals surface area contributed by atoms with Crippen molar-refractivity contribution < 1.29 is 14.3 Å². The lowest BCUT2D eigenvalue weighted by Crippen LogP contribution is -2.12. The van der Waals surface area contributed by atoms with Crippen molar-refractivity contribution in [2.24, 2.45) is 0 Å². The molecule has 0 saturated heterocycles. The molecule has 0 spiro atoms. The molecule has 2 N–H and O–H groups in total. The quantitative estimate of drug-likeness (QED) is 0.882. The number of aromatic carboxylic acids is 1. The third-order valence-corrected chi connectivity index (χ3v) is 3.00. The van der Waals surface area contributed by atoms with Crippen LogP contribution in [0.5, 0.6) is 0 Å². The minimum absolute atomic E-state index is 0.0305.